The molecular formula is C18H29ClO2. The van der Waals surface area contributed by atoms with E-state index in [9.17, 15) is 10.2 Å². The average Bonchev–Trinajstić information content (AvgIpc) is 2.46. The number of phenols is 2. The quantitative estimate of drug-likeness (QED) is 0.411. The summed E-state index contributed by atoms with van der Waals surface area (Å²) < 4.78 is 0. The zero-order valence-corrected chi connectivity index (χ0v) is 14.2. The molecule has 0 aliphatic heterocycles. The van der Waals surface area contributed by atoms with Gasteiger partial charge in [-0.1, -0.05) is 64.0 Å². The first-order valence-corrected chi connectivity index (χ1v) is 8.71. The van der Waals surface area contributed by atoms with Gasteiger partial charge in [0, 0.05) is 16.7 Å². The van der Waals surface area contributed by atoms with E-state index >= 15 is 0 Å². The van der Waals surface area contributed by atoms with Crippen LogP contribution >= 0.6 is 11.6 Å². The number of benzene rings is 1. The number of hydrogen-bond donors (Lipinski definition) is 2. The number of rotatable bonds is 10. The Morgan fingerprint density at radius 3 is 1.86 bits per heavy atom. The van der Waals surface area contributed by atoms with Gasteiger partial charge in [-0.3, -0.25) is 0 Å². The molecule has 21 heavy (non-hydrogen) atoms. The molecular weight excluding hydrogens is 284 g/mol. The Morgan fingerprint density at radius 1 is 0.810 bits per heavy atom. The Morgan fingerprint density at radius 2 is 1.33 bits per heavy atom. The van der Waals surface area contributed by atoms with Crippen molar-refractivity contribution in [3.8, 4) is 11.5 Å². The molecule has 0 spiro atoms. The van der Waals surface area contributed by atoms with Crippen LogP contribution in [0, 0.1) is 0 Å². The minimum absolute atomic E-state index is 0.0291. The van der Waals surface area contributed by atoms with Crippen molar-refractivity contribution in [2.24, 2.45) is 0 Å². The Hall–Kier alpha value is -0.890. The third kappa shape index (κ3) is 5.78. The van der Waals surface area contributed by atoms with Crippen molar-refractivity contribution in [3.63, 3.8) is 0 Å². The number of phenolic OH excluding ortho intramolecular Hbond substituents is 2. The van der Waals surface area contributed by atoms with E-state index in [4.69, 9.17) is 11.6 Å². The Kier molecular flexibility index (Phi) is 8.60. The largest absolute Gasteiger partial charge is 0.504 e. The SMILES string of the molecule is CCCCCCc1c(Cl)cc(O)c(O)c1CCCCCC. The zero-order chi connectivity index (χ0) is 15.7. The molecule has 0 aromatic heterocycles. The molecule has 2 nitrogen and oxygen atoms in total. The summed E-state index contributed by atoms with van der Waals surface area (Å²) >= 11 is 6.29. The van der Waals surface area contributed by atoms with Gasteiger partial charge in [0.25, 0.3) is 0 Å². The van der Waals surface area contributed by atoms with E-state index in [1.807, 2.05) is 0 Å². The van der Waals surface area contributed by atoms with Crippen LogP contribution in [0.1, 0.15) is 76.3 Å². The topological polar surface area (TPSA) is 40.5 Å². The van der Waals surface area contributed by atoms with Crippen molar-refractivity contribution in [1.29, 1.82) is 0 Å². The monoisotopic (exact) mass is 312 g/mol. The summed E-state index contributed by atoms with van der Waals surface area (Å²) in [5.41, 5.74) is 1.88. The van der Waals surface area contributed by atoms with Gasteiger partial charge in [-0.15, -0.1) is 0 Å². The smallest absolute Gasteiger partial charge is 0.161 e. The van der Waals surface area contributed by atoms with E-state index < -0.39 is 0 Å². The molecule has 0 aliphatic carbocycles. The average molecular weight is 313 g/mol. The summed E-state index contributed by atoms with van der Waals surface area (Å²) in [4.78, 5) is 0. The van der Waals surface area contributed by atoms with Crippen molar-refractivity contribution in [2.75, 3.05) is 0 Å². The van der Waals surface area contributed by atoms with Gasteiger partial charge in [0.1, 0.15) is 0 Å². The second-order valence-electron chi connectivity index (χ2n) is 5.80. The summed E-state index contributed by atoms with van der Waals surface area (Å²) in [6.07, 6.45) is 11.0. The Bertz CT molecular complexity index is 430. The van der Waals surface area contributed by atoms with Gasteiger partial charge in [0.15, 0.2) is 11.5 Å². The number of aromatic hydroxyl groups is 2. The summed E-state index contributed by atoms with van der Waals surface area (Å²) in [6, 6.07) is 1.47. The van der Waals surface area contributed by atoms with E-state index in [1.165, 1.54) is 38.2 Å². The second-order valence-corrected chi connectivity index (χ2v) is 6.21. The second kappa shape index (κ2) is 9.94. The molecule has 0 saturated carbocycles. The van der Waals surface area contributed by atoms with Crippen LogP contribution in [0.15, 0.2) is 6.07 Å². The molecule has 0 bridgehead atoms. The maximum Gasteiger partial charge on any atom is 0.161 e. The first-order valence-electron chi connectivity index (χ1n) is 8.33. The van der Waals surface area contributed by atoms with Crippen LogP contribution in [0.4, 0.5) is 0 Å². The van der Waals surface area contributed by atoms with Gasteiger partial charge in [-0.05, 0) is 31.2 Å². The summed E-state index contributed by atoms with van der Waals surface area (Å²) in [5.74, 6) is -0.0656. The van der Waals surface area contributed by atoms with Crippen molar-refractivity contribution < 1.29 is 10.2 Å². The van der Waals surface area contributed by atoms with E-state index in [0.29, 0.717) is 5.02 Å². The van der Waals surface area contributed by atoms with Gasteiger partial charge in [0.05, 0.1) is 0 Å². The lowest BCUT2D eigenvalue weighted by Gasteiger charge is -2.15. The standard InChI is InChI=1S/C18H29ClO2/c1-3-5-7-9-11-14-15(12-10-8-6-4-2)18(21)17(20)13-16(14)19/h13,20-21H,3-12H2,1-2H3. The Labute approximate surface area is 134 Å². The fourth-order valence-electron chi connectivity index (χ4n) is 2.71. The van der Waals surface area contributed by atoms with Crippen LogP contribution in [0.25, 0.3) is 0 Å². The highest BCUT2D eigenvalue weighted by Crippen LogP contribution is 2.38. The summed E-state index contributed by atoms with van der Waals surface area (Å²) in [7, 11) is 0. The molecule has 1 rings (SSSR count). The fourth-order valence-corrected chi connectivity index (χ4v) is 3.03. The van der Waals surface area contributed by atoms with E-state index in [0.717, 1.165) is 43.2 Å². The van der Waals surface area contributed by atoms with Crippen LogP contribution in [-0.2, 0) is 12.8 Å². The first kappa shape index (κ1) is 18.2. The van der Waals surface area contributed by atoms with Gasteiger partial charge in [-0.25, -0.2) is 0 Å². The highest BCUT2D eigenvalue weighted by molar-refractivity contribution is 6.31. The number of halogens is 1. The normalized spacial score (nSPS) is 11.0. The molecule has 2 N–H and O–H groups in total. The zero-order valence-electron chi connectivity index (χ0n) is 13.4. The molecule has 0 radical (unpaired) electrons. The van der Waals surface area contributed by atoms with Gasteiger partial charge < -0.3 is 10.2 Å². The molecule has 1 aromatic carbocycles. The number of hydrogen-bond acceptors (Lipinski definition) is 2. The molecule has 120 valence electrons. The lowest BCUT2D eigenvalue weighted by molar-refractivity contribution is 0.397. The third-order valence-electron chi connectivity index (χ3n) is 4.01. The number of unbranched alkanes of at least 4 members (excludes halogenated alkanes) is 6. The van der Waals surface area contributed by atoms with Crippen LogP contribution in [0.3, 0.4) is 0 Å². The highest BCUT2D eigenvalue weighted by Gasteiger charge is 2.16. The maximum atomic E-state index is 10.2. The highest BCUT2D eigenvalue weighted by atomic mass is 35.5. The predicted octanol–water partition coefficient (Wildman–Crippen LogP) is 6.00. The molecule has 0 aliphatic rings. The summed E-state index contributed by atoms with van der Waals surface area (Å²) in [6.45, 7) is 4.38. The maximum absolute atomic E-state index is 10.2. The van der Waals surface area contributed by atoms with E-state index in [-0.39, 0.29) is 11.5 Å². The van der Waals surface area contributed by atoms with Gasteiger partial charge >= 0.3 is 0 Å². The Balaban J connectivity index is 2.79. The molecule has 0 heterocycles. The van der Waals surface area contributed by atoms with Gasteiger partial charge in [-0.2, -0.15) is 0 Å². The lowest BCUT2D eigenvalue weighted by atomic mass is 9.95. The van der Waals surface area contributed by atoms with Crippen LogP contribution in [0.5, 0.6) is 11.5 Å². The van der Waals surface area contributed by atoms with Gasteiger partial charge in [0.2, 0.25) is 0 Å². The third-order valence-corrected chi connectivity index (χ3v) is 4.34. The summed E-state index contributed by atoms with van der Waals surface area (Å²) in [5, 5.41) is 20.5. The minimum atomic E-state index is -0.0946. The molecule has 1 aromatic rings. The van der Waals surface area contributed by atoms with E-state index in [1.54, 1.807) is 0 Å². The van der Waals surface area contributed by atoms with Crippen LogP contribution in [0.2, 0.25) is 5.02 Å². The molecule has 0 amide bonds. The van der Waals surface area contributed by atoms with E-state index in [2.05, 4.69) is 13.8 Å². The van der Waals surface area contributed by atoms with Crippen molar-refractivity contribution in [2.45, 2.75) is 78.1 Å². The molecule has 3 heteroatoms. The lowest BCUT2D eigenvalue weighted by Crippen LogP contribution is -1.98. The van der Waals surface area contributed by atoms with Crippen molar-refractivity contribution in [1.82, 2.24) is 0 Å². The van der Waals surface area contributed by atoms with Crippen molar-refractivity contribution >= 4 is 11.6 Å². The first-order chi connectivity index (χ1) is 10.1. The van der Waals surface area contributed by atoms with Crippen molar-refractivity contribution in [3.05, 3.63) is 22.2 Å². The predicted molar refractivity (Wildman–Crippen MR) is 90.5 cm³/mol. The molecule has 0 unspecified atom stereocenters. The molecule has 0 fully saturated rings. The fraction of sp³-hybridized carbons (Fsp3) is 0.667. The van der Waals surface area contributed by atoms with Crippen LogP contribution in [-0.4, -0.2) is 10.2 Å². The van der Waals surface area contributed by atoms with Crippen LogP contribution < -0.4 is 0 Å². The molecule has 0 atom stereocenters. The molecule has 0 saturated heterocycles. The minimum Gasteiger partial charge on any atom is -0.504 e.